The van der Waals surface area contributed by atoms with Crippen molar-refractivity contribution in [1.29, 1.82) is 0 Å². The summed E-state index contributed by atoms with van der Waals surface area (Å²) in [6.45, 7) is 2.22. The summed E-state index contributed by atoms with van der Waals surface area (Å²) in [6, 6.07) is 28.4. The van der Waals surface area contributed by atoms with Crippen molar-refractivity contribution in [3.05, 3.63) is 136 Å². The minimum absolute atomic E-state index is 0.209. The molecule has 208 valence electrons. The highest BCUT2D eigenvalue weighted by molar-refractivity contribution is 6.31. The third kappa shape index (κ3) is 4.16. The molecule has 0 saturated carbocycles. The van der Waals surface area contributed by atoms with Crippen LogP contribution in [0.3, 0.4) is 0 Å². The van der Waals surface area contributed by atoms with Gasteiger partial charge < -0.3 is 10.3 Å². The number of nitrogens with zero attached hydrogens (tertiary/aromatic N) is 2. The Hall–Kier alpha value is -4.88. The van der Waals surface area contributed by atoms with Crippen LogP contribution in [0.25, 0.3) is 10.9 Å². The lowest BCUT2D eigenvalue weighted by molar-refractivity contribution is -0.120. The maximum Gasteiger partial charge on any atom is 0.332 e. The van der Waals surface area contributed by atoms with E-state index >= 15 is 0 Å². The van der Waals surface area contributed by atoms with Gasteiger partial charge in [0.05, 0.1) is 11.3 Å². The highest BCUT2D eigenvalue weighted by Crippen LogP contribution is 2.45. The Labute approximate surface area is 247 Å². The predicted molar refractivity (Wildman–Crippen MR) is 163 cm³/mol. The summed E-state index contributed by atoms with van der Waals surface area (Å²) in [6.07, 6.45) is 0.379. The molecule has 5 aromatic rings. The van der Waals surface area contributed by atoms with E-state index in [2.05, 4.69) is 10.3 Å². The zero-order valence-electron chi connectivity index (χ0n) is 22.8. The van der Waals surface area contributed by atoms with Crippen LogP contribution >= 0.6 is 11.6 Å². The number of carbonyl (C=O) groups excluding carboxylic acids is 3. The fraction of sp³-hybridized carbons (Fsp3) is 0.147. The Morgan fingerprint density at radius 1 is 0.929 bits per heavy atom. The first kappa shape index (κ1) is 26.0. The maximum absolute atomic E-state index is 14.3. The van der Waals surface area contributed by atoms with Gasteiger partial charge in [0.2, 0.25) is 0 Å². The molecule has 0 spiro atoms. The van der Waals surface area contributed by atoms with E-state index in [1.54, 1.807) is 35.2 Å². The summed E-state index contributed by atoms with van der Waals surface area (Å²) in [5.74, 6) is -0.748. The van der Waals surface area contributed by atoms with Gasteiger partial charge in [-0.2, -0.15) is 0 Å². The Bertz CT molecular complexity index is 1880. The number of hydrogen-bond donors (Lipinski definition) is 2. The third-order valence-corrected chi connectivity index (χ3v) is 8.60. The smallest absolute Gasteiger partial charge is 0.332 e. The lowest BCUT2D eigenvalue weighted by Crippen LogP contribution is -2.44. The zero-order chi connectivity index (χ0) is 29.0. The normalized spacial score (nSPS) is 17.9. The minimum atomic E-state index is -0.713. The van der Waals surface area contributed by atoms with Gasteiger partial charge >= 0.3 is 6.03 Å². The van der Waals surface area contributed by atoms with Crippen LogP contribution in [0.4, 0.5) is 10.5 Å². The molecule has 0 radical (unpaired) electrons. The van der Waals surface area contributed by atoms with Crippen LogP contribution in [0.15, 0.2) is 97.1 Å². The fourth-order valence-corrected chi connectivity index (χ4v) is 6.37. The van der Waals surface area contributed by atoms with Gasteiger partial charge in [-0.15, -0.1) is 0 Å². The van der Waals surface area contributed by atoms with E-state index in [1.165, 1.54) is 4.90 Å². The fourth-order valence-electron chi connectivity index (χ4n) is 6.16. The first-order valence-corrected chi connectivity index (χ1v) is 14.2. The molecule has 0 bridgehead atoms. The average Bonchev–Trinajstić information content (AvgIpc) is 3.50. The second kappa shape index (κ2) is 10.2. The number of amides is 4. The molecular formula is C34H27ClN4O3. The van der Waals surface area contributed by atoms with Crippen molar-refractivity contribution >= 4 is 46.0 Å². The number of carbonyl (C=O) groups is 3. The van der Waals surface area contributed by atoms with E-state index in [0.717, 1.165) is 38.9 Å². The van der Waals surface area contributed by atoms with Crippen molar-refractivity contribution in [1.82, 2.24) is 15.2 Å². The topological polar surface area (TPSA) is 85.5 Å². The quantitative estimate of drug-likeness (QED) is 0.234. The van der Waals surface area contributed by atoms with Crippen LogP contribution in [0, 0.1) is 6.92 Å². The molecule has 2 N–H and O–H groups in total. The minimum Gasteiger partial charge on any atom is -0.356 e. The number of aromatic nitrogens is 1. The molecular weight excluding hydrogens is 548 g/mol. The molecule has 1 saturated heterocycles. The molecule has 1 unspecified atom stereocenters. The highest BCUT2D eigenvalue weighted by atomic mass is 35.5. The van der Waals surface area contributed by atoms with Crippen molar-refractivity contribution in [2.24, 2.45) is 0 Å². The van der Waals surface area contributed by atoms with Gasteiger partial charge in [0.25, 0.3) is 11.8 Å². The van der Waals surface area contributed by atoms with Crippen molar-refractivity contribution in [2.75, 3.05) is 4.90 Å². The van der Waals surface area contributed by atoms with Crippen molar-refractivity contribution in [3.8, 4) is 0 Å². The summed E-state index contributed by atoms with van der Waals surface area (Å²) in [4.78, 5) is 48.2. The predicted octanol–water partition coefficient (Wildman–Crippen LogP) is 6.54. The molecule has 0 aliphatic carbocycles. The molecule has 7 nitrogen and oxygen atoms in total. The SMILES string of the molecule is Cc1ccc(C2c3[nH]c4ccccc4c3C[C@H]3C(=O)N(c4ccccc4C(=O)NCc4ccccc4Cl)C(=O)N23)cc1. The maximum atomic E-state index is 14.3. The Morgan fingerprint density at radius 2 is 1.64 bits per heavy atom. The molecule has 2 atom stereocenters. The first-order chi connectivity index (χ1) is 20.4. The second-order valence-corrected chi connectivity index (χ2v) is 11.2. The van der Waals surface area contributed by atoms with Gasteiger partial charge in [-0.25, -0.2) is 9.69 Å². The molecule has 7 rings (SSSR count). The number of H-pyrrole nitrogens is 1. The molecule has 2 aliphatic rings. The zero-order valence-corrected chi connectivity index (χ0v) is 23.6. The second-order valence-electron chi connectivity index (χ2n) is 10.8. The van der Waals surface area contributed by atoms with E-state index in [9.17, 15) is 14.4 Å². The van der Waals surface area contributed by atoms with Gasteiger partial charge in [0.15, 0.2) is 0 Å². The Kier molecular flexibility index (Phi) is 6.32. The molecule has 2 aliphatic heterocycles. The largest absolute Gasteiger partial charge is 0.356 e. The summed E-state index contributed by atoms with van der Waals surface area (Å²) in [7, 11) is 0. The number of rotatable bonds is 5. The Balaban J connectivity index is 1.28. The van der Waals surface area contributed by atoms with E-state index in [4.69, 9.17) is 11.6 Å². The van der Waals surface area contributed by atoms with Crippen molar-refractivity contribution in [2.45, 2.75) is 32.0 Å². The summed E-state index contributed by atoms with van der Waals surface area (Å²) in [5, 5.41) is 4.48. The number of anilines is 1. The van der Waals surface area contributed by atoms with Crippen LogP contribution < -0.4 is 10.2 Å². The number of para-hydroxylation sites is 2. The van der Waals surface area contributed by atoms with Gasteiger partial charge in [-0.3, -0.25) is 14.5 Å². The molecule has 3 heterocycles. The molecule has 1 aromatic heterocycles. The molecule has 4 amide bonds. The van der Waals surface area contributed by atoms with E-state index < -0.39 is 24.0 Å². The summed E-state index contributed by atoms with van der Waals surface area (Å²) < 4.78 is 0. The molecule has 4 aromatic carbocycles. The standard InChI is InChI=1S/C34H27ClN4O3/c1-20-14-16-21(17-15-20)31-30-25(23-9-3-6-12-27(23)37-30)18-29-33(41)39(34(42)38(29)31)28-13-7-4-10-24(28)32(40)36-19-22-8-2-5-11-26(22)35/h2-17,29,31,37H,18-19H2,1H3,(H,36,40)/t29-,31?/m0/s1. The van der Waals surface area contributed by atoms with E-state index in [1.807, 2.05) is 73.7 Å². The number of aromatic amines is 1. The van der Waals surface area contributed by atoms with Crippen LogP contribution in [0.2, 0.25) is 5.02 Å². The molecule has 1 fully saturated rings. The first-order valence-electron chi connectivity index (χ1n) is 13.9. The number of benzene rings is 4. The summed E-state index contributed by atoms with van der Waals surface area (Å²) >= 11 is 6.28. The van der Waals surface area contributed by atoms with Gasteiger partial charge in [0, 0.05) is 34.6 Å². The van der Waals surface area contributed by atoms with Gasteiger partial charge in [-0.05, 0) is 47.9 Å². The van der Waals surface area contributed by atoms with Crippen molar-refractivity contribution in [3.63, 3.8) is 0 Å². The van der Waals surface area contributed by atoms with Gasteiger partial charge in [-0.1, -0.05) is 90.0 Å². The summed E-state index contributed by atoms with van der Waals surface area (Å²) in [5.41, 5.74) is 6.19. The number of imide groups is 1. The number of urea groups is 1. The molecule has 8 heteroatoms. The van der Waals surface area contributed by atoms with E-state index in [0.29, 0.717) is 11.4 Å². The lowest BCUT2D eigenvalue weighted by Gasteiger charge is -2.36. The number of aryl methyl sites for hydroxylation is 1. The highest BCUT2D eigenvalue weighted by Gasteiger charge is 2.53. The molecule has 42 heavy (non-hydrogen) atoms. The monoisotopic (exact) mass is 574 g/mol. The van der Waals surface area contributed by atoms with E-state index in [-0.39, 0.29) is 23.7 Å². The third-order valence-electron chi connectivity index (χ3n) is 8.23. The van der Waals surface area contributed by atoms with Crippen LogP contribution in [0.5, 0.6) is 0 Å². The Morgan fingerprint density at radius 3 is 2.45 bits per heavy atom. The van der Waals surface area contributed by atoms with Crippen molar-refractivity contribution < 1.29 is 14.4 Å². The number of fused-ring (bicyclic) bond motifs is 4. The number of nitrogens with one attached hydrogen (secondary N) is 2. The lowest BCUT2D eigenvalue weighted by atomic mass is 9.88. The number of halogens is 1. The van der Waals surface area contributed by atoms with Crippen LogP contribution in [0.1, 0.15) is 44.3 Å². The number of hydrogen-bond acceptors (Lipinski definition) is 3. The van der Waals surface area contributed by atoms with Crippen LogP contribution in [-0.2, 0) is 17.8 Å². The van der Waals surface area contributed by atoms with Crippen LogP contribution in [-0.4, -0.2) is 33.8 Å². The van der Waals surface area contributed by atoms with Gasteiger partial charge in [0.1, 0.15) is 12.1 Å². The average molecular weight is 575 g/mol.